The second kappa shape index (κ2) is 5.92. The van der Waals surface area contributed by atoms with Crippen LogP contribution in [-0.4, -0.2) is 6.61 Å². The smallest absolute Gasteiger partial charge is 0.0854 e. The standard InChI is InChI=1S/C5H11O2/c1-2-3-4-5-7-6/h2-5H2,1H3. The van der Waals surface area contributed by atoms with E-state index in [9.17, 15) is 5.26 Å². The molecule has 0 aliphatic heterocycles. The van der Waals surface area contributed by atoms with Gasteiger partial charge in [0.05, 0.1) is 6.61 Å². The fourth-order valence-corrected chi connectivity index (χ4v) is 0.411. The Morgan fingerprint density at radius 1 is 1.43 bits per heavy atom. The SMILES string of the molecule is CCCCCO[O]. The zero-order chi connectivity index (χ0) is 5.54. The van der Waals surface area contributed by atoms with Crippen LogP contribution in [0.25, 0.3) is 0 Å². The van der Waals surface area contributed by atoms with Gasteiger partial charge >= 0.3 is 0 Å². The van der Waals surface area contributed by atoms with Crippen molar-refractivity contribution in [3.8, 4) is 0 Å². The molecule has 0 heterocycles. The predicted octanol–water partition coefficient (Wildman–Crippen LogP) is 1.54. The number of hydrogen-bond donors (Lipinski definition) is 0. The van der Waals surface area contributed by atoms with Gasteiger partial charge in [-0.2, -0.15) is 0 Å². The Balaban J connectivity index is 2.45. The molecule has 43 valence electrons. The molecule has 0 aliphatic carbocycles. The molecule has 0 fully saturated rings. The highest BCUT2D eigenvalue weighted by atomic mass is 17.1. The van der Waals surface area contributed by atoms with Crippen molar-refractivity contribution < 1.29 is 10.1 Å². The maximum atomic E-state index is 9.30. The zero-order valence-electron chi connectivity index (χ0n) is 4.64. The van der Waals surface area contributed by atoms with Crippen molar-refractivity contribution in [3.63, 3.8) is 0 Å². The van der Waals surface area contributed by atoms with Crippen LogP contribution in [0.4, 0.5) is 0 Å². The summed E-state index contributed by atoms with van der Waals surface area (Å²) >= 11 is 0. The third-order valence-electron chi connectivity index (χ3n) is 0.831. The minimum absolute atomic E-state index is 0.369. The molecule has 0 atom stereocenters. The van der Waals surface area contributed by atoms with Crippen LogP contribution in [0, 0.1) is 0 Å². The van der Waals surface area contributed by atoms with Gasteiger partial charge in [0.15, 0.2) is 0 Å². The molecule has 2 nitrogen and oxygen atoms in total. The Morgan fingerprint density at radius 3 is 2.57 bits per heavy atom. The lowest BCUT2D eigenvalue weighted by molar-refractivity contribution is -0.303. The van der Waals surface area contributed by atoms with Gasteiger partial charge in [-0.05, 0) is 11.7 Å². The van der Waals surface area contributed by atoms with Crippen LogP contribution >= 0.6 is 0 Å². The van der Waals surface area contributed by atoms with Gasteiger partial charge in [-0.1, -0.05) is 19.8 Å². The fourth-order valence-electron chi connectivity index (χ4n) is 0.411. The Morgan fingerprint density at radius 2 is 2.14 bits per heavy atom. The molecular weight excluding hydrogens is 92.1 g/mol. The van der Waals surface area contributed by atoms with Gasteiger partial charge in [-0.15, -0.1) is 0 Å². The highest BCUT2D eigenvalue weighted by molar-refractivity contribution is 4.31. The molecule has 7 heavy (non-hydrogen) atoms. The predicted molar refractivity (Wildman–Crippen MR) is 26.2 cm³/mol. The van der Waals surface area contributed by atoms with E-state index in [1.165, 1.54) is 0 Å². The van der Waals surface area contributed by atoms with Crippen molar-refractivity contribution in [2.45, 2.75) is 26.2 Å². The number of hydrogen-bond acceptors (Lipinski definition) is 1. The van der Waals surface area contributed by atoms with E-state index in [4.69, 9.17) is 0 Å². The van der Waals surface area contributed by atoms with Gasteiger partial charge < -0.3 is 0 Å². The maximum Gasteiger partial charge on any atom is 0.0854 e. The molecule has 0 aliphatic rings. The summed E-state index contributed by atoms with van der Waals surface area (Å²) in [5, 5.41) is 9.30. The van der Waals surface area contributed by atoms with Crippen molar-refractivity contribution in [2.75, 3.05) is 6.61 Å². The minimum Gasteiger partial charge on any atom is -0.204 e. The quantitative estimate of drug-likeness (QED) is 0.301. The van der Waals surface area contributed by atoms with Crippen molar-refractivity contribution in [1.82, 2.24) is 0 Å². The Labute approximate surface area is 44.0 Å². The van der Waals surface area contributed by atoms with E-state index >= 15 is 0 Å². The molecule has 0 unspecified atom stereocenters. The summed E-state index contributed by atoms with van der Waals surface area (Å²) in [5.41, 5.74) is 0. The van der Waals surface area contributed by atoms with E-state index in [0.29, 0.717) is 6.61 Å². The van der Waals surface area contributed by atoms with E-state index in [1.54, 1.807) is 0 Å². The third-order valence-corrected chi connectivity index (χ3v) is 0.831. The summed E-state index contributed by atoms with van der Waals surface area (Å²) < 4.78 is 0. The molecular formula is C5H11O2. The molecule has 0 aromatic rings. The van der Waals surface area contributed by atoms with Crippen LogP contribution in [0.5, 0.6) is 0 Å². The van der Waals surface area contributed by atoms with E-state index in [-0.39, 0.29) is 0 Å². The van der Waals surface area contributed by atoms with Crippen LogP contribution < -0.4 is 0 Å². The average Bonchev–Trinajstić information content (AvgIpc) is 1.69. The lowest BCUT2D eigenvalue weighted by atomic mass is 10.3. The van der Waals surface area contributed by atoms with E-state index in [1.807, 2.05) is 0 Å². The average molecular weight is 103 g/mol. The lowest BCUT2D eigenvalue weighted by Crippen LogP contribution is -1.85. The molecule has 0 saturated heterocycles. The van der Waals surface area contributed by atoms with E-state index in [0.717, 1.165) is 19.3 Å². The molecule has 0 aromatic heterocycles. The van der Waals surface area contributed by atoms with Gasteiger partial charge in [0.2, 0.25) is 0 Å². The first-order valence-electron chi connectivity index (χ1n) is 2.66. The first-order valence-corrected chi connectivity index (χ1v) is 2.66. The van der Waals surface area contributed by atoms with Crippen molar-refractivity contribution in [2.24, 2.45) is 0 Å². The van der Waals surface area contributed by atoms with Crippen LogP contribution in [0.1, 0.15) is 26.2 Å². The molecule has 0 bridgehead atoms. The van der Waals surface area contributed by atoms with Gasteiger partial charge in [-0.3, -0.25) is 0 Å². The molecule has 0 rings (SSSR count). The molecule has 1 radical (unpaired) electrons. The van der Waals surface area contributed by atoms with Crippen molar-refractivity contribution in [3.05, 3.63) is 0 Å². The van der Waals surface area contributed by atoms with E-state index < -0.39 is 0 Å². The summed E-state index contributed by atoms with van der Waals surface area (Å²) in [6.07, 6.45) is 3.14. The highest BCUT2D eigenvalue weighted by Gasteiger charge is 1.82. The van der Waals surface area contributed by atoms with Crippen LogP contribution in [0.2, 0.25) is 0 Å². The Kier molecular flexibility index (Phi) is 5.85. The minimum atomic E-state index is 0.369. The molecule has 0 spiro atoms. The van der Waals surface area contributed by atoms with Crippen LogP contribution in [0.3, 0.4) is 0 Å². The number of unbranched alkanes of at least 4 members (excludes halogenated alkanes) is 2. The van der Waals surface area contributed by atoms with Crippen molar-refractivity contribution in [1.29, 1.82) is 0 Å². The summed E-state index contributed by atoms with van der Waals surface area (Å²) in [5.74, 6) is 0. The normalized spacial score (nSPS) is 9.43. The molecule has 0 amide bonds. The van der Waals surface area contributed by atoms with Gasteiger partial charge in [0, 0.05) is 0 Å². The Hall–Kier alpha value is -0.0800. The lowest BCUT2D eigenvalue weighted by Gasteiger charge is -1.89. The Bertz CT molecular complexity index is 25.3. The van der Waals surface area contributed by atoms with Gasteiger partial charge in [-0.25, -0.2) is 4.89 Å². The zero-order valence-corrected chi connectivity index (χ0v) is 4.64. The molecule has 2 heteroatoms. The molecule has 0 saturated carbocycles. The second-order valence-electron chi connectivity index (χ2n) is 1.53. The van der Waals surface area contributed by atoms with E-state index in [2.05, 4.69) is 11.8 Å². The summed E-state index contributed by atoms with van der Waals surface area (Å²) in [6.45, 7) is 2.46. The monoisotopic (exact) mass is 103 g/mol. The third kappa shape index (κ3) is 5.92. The van der Waals surface area contributed by atoms with Gasteiger partial charge in [0.25, 0.3) is 0 Å². The summed E-state index contributed by atoms with van der Waals surface area (Å²) in [4.78, 5) is 3.59. The summed E-state index contributed by atoms with van der Waals surface area (Å²) in [6, 6.07) is 0. The van der Waals surface area contributed by atoms with Crippen LogP contribution in [0.15, 0.2) is 0 Å². The maximum absolute atomic E-state index is 9.30. The fraction of sp³-hybridized carbons (Fsp3) is 1.00. The highest BCUT2D eigenvalue weighted by Crippen LogP contribution is 1.91. The largest absolute Gasteiger partial charge is 0.204 e. The number of rotatable bonds is 4. The van der Waals surface area contributed by atoms with Gasteiger partial charge in [0.1, 0.15) is 0 Å². The van der Waals surface area contributed by atoms with Crippen LogP contribution in [-0.2, 0) is 10.1 Å². The van der Waals surface area contributed by atoms with Crippen molar-refractivity contribution >= 4 is 0 Å². The first-order chi connectivity index (χ1) is 3.41. The molecule has 0 N–H and O–H groups in total. The first kappa shape index (κ1) is 6.92. The second-order valence-corrected chi connectivity index (χ2v) is 1.53. The molecule has 0 aromatic carbocycles. The summed E-state index contributed by atoms with van der Waals surface area (Å²) in [7, 11) is 0. The topological polar surface area (TPSA) is 29.1 Å².